The molecule has 24 heavy (non-hydrogen) atoms. The Bertz CT molecular complexity index is 666. The van der Waals surface area contributed by atoms with Gasteiger partial charge in [-0.05, 0) is 44.7 Å². The molecule has 1 fully saturated rings. The fourth-order valence-corrected chi connectivity index (χ4v) is 2.98. The minimum Gasteiger partial charge on any atom is -0.463 e. The SMILES string of the molecule is CC(C)OC(=O)C[C@@H]1CCCN(c2ccc([N+](=O)[O-])c(C#N)c2)C1. The van der Waals surface area contributed by atoms with Crippen molar-refractivity contribution in [3.05, 3.63) is 33.9 Å². The van der Waals surface area contributed by atoms with Gasteiger partial charge < -0.3 is 9.64 Å². The van der Waals surface area contributed by atoms with E-state index in [0.717, 1.165) is 25.1 Å². The van der Waals surface area contributed by atoms with Gasteiger partial charge in [-0.25, -0.2) is 0 Å². The van der Waals surface area contributed by atoms with Crippen molar-refractivity contribution >= 4 is 17.3 Å². The Balaban J connectivity index is 2.08. The summed E-state index contributed by atoms with van der Waals surface area (Å²) in [6.45, 7) is 5.13. The number of nitriles is 1. The number of hydrogen-bond acceptors (Lipinski definition) is 6. The predicted octanol–water partition coefficient (Wildman–Crippen LogP) is 3.02. The molecule has 0 N–H and O–H groups in total. The molecule has 0 radical (unpaired) electrons. The van der Waals surface area contributed by atoms with E-state index in [-0.39, 0.29) is 29.2 Å². The van der Waals surface area contributed by atoms with Crippen molar-refractivity contribution in [3.63, 3.8) is 0 Å². The van der Waals surface area contributed by atoms with Crippen LogP contribution in [0.25, 0.3) is 0 Å². The summed E-state index contributed by atoms with van der Waals surface area (Å²) < 4.78 is 5.20. The van der Waals surface area contributed by atoms with E-state index in [1.165, 1.54) is 6.07 Å². The number of nitrogens with zero attached hydrogens (tertiary/aromatic N) is 3. The molecule has 0 bridgehead atoms. The van der Waals surface area contributed by atoms with Crippen LogP contribution in [-0.4, -0.2) is 30.1 Å². The maximum Gasteiger partial charge on any atom is 0.306 e. The third-order valence-corrected chi connectivity index (χ3v) is 4.00. The molecule has 0 aromatic heterocycles. The van der Waals surface area contributed by atoms with Crippen molar-refractivity contribution in [2.24, 2.45) is 5.92 Å². The zero-order chi connectivity index (χ0) is 17.7. The first-order valence-electron chi connectivity index (χ1n) is 8.03. The van der Waals surface area contributed by atoms with Crippen LogP contribution in [0.1, 0.15) is 38.7 Å². The second-order valence-corrected chi connectivity index (χ2v) is 6.27. The number of hydrogen-bond donors (Lipinski definition) is 0. The fourth-order valence-electron chi connectivity index (χ4n) is 2.98. The summed E-state index contributed by atoms with van der Waals surface area (Å²) in [7, 11) is 0. The van der Waals surface area contributed by atoms with Crippen LogP contribution in [0.15, 0.2) is 18.2 Å². The van der Waals surface area contributed by atoms with Crippen molar-refractivity contribution < 1.29 is 14.5 Å². The lowest BCUT2D eigenvalue weighted by molar-refractivity contribution is -0.385. The molecule has 1 aliphatic rings. The molecule has 0 spiro atoms. The van der Waals surface area contributed by atoms with Crippen molar-refractivity contribution in [2.45, 2.75) is 39.2 Å². The topological polar surface area (TPSA) is 96.5 Å². The molecular weight excluding hydrogens is 310 g/mol. The summed E-state index contributed by atoms with van der Waals surface area (Å²) in [6.07, 6.45) is 2.12. The van der Waals surface area contributed by atoms with Crippen molar-refractivity contribution in [1.29, 1.82) is 5.26 Å². The quantitative estimate of drug-likeness (QED) is 0.467. The van der Waals surface area contributed by atoms with E-state index in [1.54, 1.807) is 12.1 Å². The Kier molecular flexibility index (Phi) is 5.74. The summed E-state index contributed by atoms with van der Waals surface area (Å²) in [5, 5.41) is 20.0. The van der Waals surface area contributed by atoms with Crippen molar-refractivity contribution in [1.82, 2.24) is 0 Å². The minimum absolute atomic E-state index is 0.0545. The van der Waals surface area contributed by atoms with Gasteiger partial charge in [-0.2, -0.15) is 5.26 Å². The number of esters is 1. The van der Waals surface area contributed by atoms with E-state index in [1.807, 2.05) is 19.9 Å². The van der Waals surface area contributed by atoms with Gasteiger partial charge in [0.05, 0.1) is 17.4 Å². The molecule has 1 heterocycles. The molecular formula is C17H21N3O4. The van der Waals surface area contributed by atoms with E-state index >= 15 is 0 Å². The van der Waals surface area contributed by atoms with E-state index in [2.05, 4.69) is 4.90 Å². The number of piperidine rings is 1. The van der Waals surface area contributed by atoms with Crippen molar-refractivity contribution in [3.8, 4) is 6.07 Å². The average Bonchev–Trinajstić information content (AvgIpc) is 2.53. The first kappa shape index (κ1) is 17.7. The highest BCUT2D eigenvalue weighted by Gasteiger charge is 2.24. The number of carbonyl (C=O) groups is 1. The zero-order valence-electron chi connectivity index (χ0n) is 13.9. The number of rotatable bonds is 5. The third-order valence-electron chi connectivity index (χ3n) is 4.00. The third kappa shape index (κ3) is 4.44. The normalized spacial score (nSPS) is 17.4. The highest BCUT2D eigenvalue weighted by atomic mass is 16.6. The average molecular weight is 331 g/mol. The maximum atomic E-state index is 11.8. The minimum atomic E-state index is -0.552. The monoisotopic (exact) mass is 331 g/mol. The number of ether oxygens (including phenoxy) is 1. The van der Waals surface area contributed by atoms with Gasteiger partial charge in [0.2, 0.25) is 0 Å². The smallest absolute Gasteiger partial charge is 0.306 e. The summed E-state index contributed by atoms with van der Waals surface area (Å²) >= 11 is 0. The van der Waals surface area contributed by atoms with Gasteiger partial charge in [0, 0.05) is 24.8 Å². The summed E-state index contributed by atoms with van der Waals surface area (Å²) in [5.41, 5.74) is 0.647. The second kappa shape index (κ2) is 7.77. The van der Waals surface area contributed by atoms with Crippen LogP contribution in [0, 0.1) is 27.4 Å². The summed E-state index contributed by atoms with van der Waals surface area (Å²) in [5.74, 6) is -0.0102. The van der Waals surface area contributed by atoms with Gasteiger partial charge in [-0.15, -0.1) is 0 Å². The largest absolute Gasteiger partial charge is 0.463 e. The van der Waals surface area contributed by atoms with Crippen LogP contribution in [0.4, 0.5) is 11.4 Å². The number of carbonyl (C=O) groups excluding carboxylic acids is 1. The molecule has 7 heteroatoms. The molecule has 1 aliphatic heterocycles. The Morgan fingerprint density at radius 1 is 1.54 bits per heavy atom. The highest BCUT2D eigenvalue weighted by Crippen LogP contribution is 2.29. The first-order chi connectivity index (χ1) is 11.4. The summed E-state index contributed by atoms with van der Waals surface area (Å²) in [6, 6.07) is 6.45. The predicted molar refractivity (Wildman–Crippen MR) is 88.6 cm³/mol. The van der Waals surface area contributed by atoms with Gasteiger partial charge >= 0.3 is 5.97 Å². The zero-order valence-corrected chi connectivity index (χ0v) is 13.9. The number of benzene rings is 1. The van der Waals surface area contributed by atoms with Gasteiger partial charge in [0.25, 0.3) is 5.69 Å². The number of anilines is 1. The Labute approximate surface area is 141 Å². The molecule has 0 unspecified atom stereocenters. The van der Waals surface area contributed by atoms with E-state index < -0.39 is 4.92 Å². The molecule has 1 aromatic rings. The van der Waals surface area contributed by atoms with Crippen LogP contribution < -0.4 is 4.90 Å². The van der Waals surface area contributed by atoms with E-state index in [9.17, 15) is 14.9 Å². The van der Waals surface area contributed by atoms with Crippen LogP contribution in [0.5, 0.6) is 0 Å². The molecule has 7 nitrogen and oxygen atoms in total. The standard InChI is InChI=1S/C17H21N3O4/c1-12(2)24-17(21)8-13-4-3-7-19(11-13)15-5-6-16(20(22)23)14(9-15)10-18/h5-6,9,12-13H,3-4,7-8,11H2,1-2H3/t13-/m0/s1. The summed E-state index contributed by atoms with van der Waals surface area (Å²) in [4.78, 5) is 24.3. The molecule has 2 rings (SSSR count). The molecule has 0 aliphatic carbocycles. The fraction of sp³-hybridized carbons (Fsp3) is 0.529. The Hall–Kier alpha value is -2.62. The van der Waals surface area contributed by atoms with Crippen molar-refractivity contribution in [2.75, 3.05) is 18.0 Å². The number of nitro groups is 1. The van der Waals surface area contributed by atoms with Gasteiger partial charge in [0.1, 0.15) is 11.6 Å². The lowest BCUT2D eigenvalue weighted by atomic mass is 9.94. The molecule has 1 aromatic carbocycles. The molecule has 128 valence electrons. The van der Waals surface area contributed by atoms with Crippen LogP contribution >= 0.6 is 0 Å². The molecule has 0 amide bonds. The Morgan fingerprint density at radius 3 is 2.92 bits per heavy atom. The van der Waals surface area contributed by atoms with Gasteiger partial charge in [-0.3, -0.25) is 14.9 Å². The van der Waals surface area contributed by atoms with E-state index in [4.69, 9.17) is 10.00 Å². The molecule has 0 saturated carbocycles. The lowest BCUT2D eigenvalue weighted by Crippen LogP contribution is -2.36. The lowest BCUT2D eigenvalue weighted by Gasteiger charge is -2.34. The van der Waals surface area contributed by atoms with Crippen LogP contribution in [0.2, 0.25) is 0 Å². The maximum absolute atomic E-state index is 11.8. The van der Waals surface area contributed by atoms with Crippen LogP contribution in [-0.2, 0) is 9.53 Å². The van der Waals surface area contributed by atoms with Gasteiger partial charge in [-0.1, -0.05) is 0 Å². The van der Waals surface area contributed by atoms with Crippen LogP contribution in [0.3, 0.4) is 0 Å². The van der Waals surface area contributed by atoms with E-state index in [0.29, 0.717) is 13.0 Å². The van der Waals surface area contributed by atoms with Gasteiger partial charge in [0.15, 0.2) is 0 Å². The molecule has 1 atom stereocenters. The first-order valence-corrected chi connectivity index (χ1v) is 8.03. The number of nitro benzene ring substituents is 1. The highest BCUT2D eigenvalue weighted by molar-refractivity contribution is 5.70. The second-order valence-electron chi connectivity index (χ2n) is 6.27. The Morgan fingerprint density at radius 2 is 2.29 bits per heavy atom. The molecule has 1 saturated heterocycles.